The number of rotatable bonds is 6. The van der Waals surface area contributed by atoms with Crippen LogP contribution in [0.1, 0.15) is 39.9 Å². The summed E-state index contributed by atoms with van der Waals surface area (Å²) in [5, 5.41) is 0. The molecule has 5 rings (SSSR count). The number of nitrogens with zero attached hydrogens (tertiary/aromatic N) is 3. The summed E-state index contributed by atoms with van der Waals surface area (Å²) in [7, 11) is 0. The van der Waals surface area contributed by atoms with Crippen LogP contribution in [0.5, 0.6) is 0 Å². The molecule has 2 aliphatic rings. The van der Waals surface area contributed by atoms with Gasteiger partial charge in [-0.15, -0.1) is 0 Å². The zero-order chi connectivity index (χ0) is 26.7. The number of guanidine groups is 1. The van der Waals surface area contributed by atoms with Gasteiger partial charge in [-0.25, -0.2) is 9.79 Å². The molecule has 9 nitrogen and oxygen atoms in total. The lowest BCUT2D eigenvalue weighted by Gasteiger charge is -2.31. The zero-order valence-corrected chi connectivity index (χ0v) is 20.8. The quantitative estimate of drug-likeness (QED) is 0.525. The minimum Gasteiger partial charge on any atom is -0.446 e. The van der Waals surface area contributed by atoms with Gasteiger partial charge in [0.25, 0.3) is 11.8 Å². The summed E-state index contributed by atoms with van der Waals surface area (Å²) in [6.45, 7) is 1.09. The van der Waals surface area contributed by atoms with Gasteiger partial charge in [0, 0.05) is 31.5 Å². The van der Waals surface area contributed by atoms with E-state index in [1.54, 1.807) is 23.1 Å². The van der Waals surface area contributed by atoms with Gasteiger partial charge in [0.1, 0.15) is 6.10 Å². The standard InChI is InChI=1S/C29H29N5O4/c30-27-32-29(22-10-3-1-4-11-22,23-12-5-2-6-13-23)26(36)34(27)19-20-8-7-9-21(18-20)25(35)33-16-14-24(15-17-33)38-28(31)37/h1-13,18,24H,14-17,19H2,(H2,30,32)(H2,31,37). The fourth-order valence-corrected chi connectivity index (χ4v) is 5.14. The van der Waals surface area contributed by atoms with E-state index in [-0.39, 0.29) is 30.4 Å². The third-order valence-electron chi connectivity index (χ3n) is 7.02. The molecule has 194 valence electrons. The fraction of sp³-hybridized carbons (Fsp3) is 0.241. The van der Waals surface area contributed by atoms with Crippen LogP contribution in [0.2, 0.25) is 0 Å². The van der Waals surface area contributed by atoms with Crippen LogP contribution in [0, 0.1) is 0 Å². The third-order valence-corrected chi connectivity index (χ3v) is 7.02. The van der Waals surface area contributed by atoms with E-state index in [1.165, 1.54) is 4.90 Å². The number of hydrogen-bond acceptors (Lipinski definition) is 6. The van der Waals surface area contributed by atoms with Gasteiger partial charge in [-0.2, -0.15) is 0 Å². The van der Waals surface area contributed by atoms with E-state index in [1.807, 2.05) is 66.7 Å². The smallest absolute Gasteiger partial charge is 0.404 e. The van der Waals surface area contributed by atoms with Crippen LogP contribution in [0.25, 0.3) is 0 Å². The fourth-order valence-electron chi connectivity index (χ4n) is 5.14. The SMILES string of the molecule is NC(=O)OC1CCN(C(=O)c2cccc(CN3C(=O)C(c4ccccc4)(c4ccccc4)N=C3N)c2)CC1. The average molecular weight is 512 g/mol. The number of benzene rings is 3. The molecular weight excluding hydrogens is 482 g/mol. The number of carbonyl (C=O) groups excluding carboxylic acids is 3. The topological polar surface area (TPSA) is 131 Å². The van der Waals surface area contributed by atoms with Crippen LogP contribution >= 0.6 is 0 Å². The zero-order valence-electron chi connectivity index (χ0n) is 20.8. The Kier molecular flexibility index (Phi) is 6.83. The summed E-state index contributed by atoms with van der Waals surface area (Å²) < 4.78 is 5.06. The number of hydrogen-bond donors (Lipinski definition) is 2. The van der Waals surface area contributed by atoms with Crippen LogP contribution in [0.3, 0.4) is 0 Å². The number of amides is 3. The number of aliphatic imine (C=N–C) groups is 1. The third kappa shape index (κ3) is 4.70. The minimum absolute atomic E-state index is 0.121. The molecule has 0 spiro atoms. The summed E-state index contributed by atoms with van der Waals surface area (Å²) in [5.74, 6) is -0.252. The van der Waals surface area contributed by atoms with Crippen molar-refractivity contribution in [3.05, 3.63) is 107 Å². The highest BCUT2D eigenvalue weighted by molar-refractivity contribution is 6.09. The van der Waals surface area contributed by atoms with Crippen molar-refractivity contribution in [2.45, 2.75) is 31.0 Å². The molecule has 1 saturated heterocycles. The van der Waals surface area contributed by atoms with Crippen molar-refractivity contribution >= 4 is 23.9 Å². The monoisotopic (exact) mass is 511 g/mol. The molecule has 3 aromatic carbocycles. The molecule has 0 radical (unpaired) electrons. The van der Waals surface area contributed by atoms with Gasteiger partial charge < -0.3 is 21.1 Å². The van der Waals surface area contributed by atoms with Crippen molar-refractivity contribution in [1.29, 1.82) is 0 Å². The Hall–Kier alpha value is -4.66. The number of likely N-dealkylation sites (tertiary alicyclic amines) is 1. The van der Waals surface area contributed by atoms with Crippen molar-refractivity contribution in [3.8, 4) is 0 Å². The Morgan fingerprint density at radius 1 is 0.921 bits per heavy atom. The molecule has 0 atom stereocenters. The van der Waals surface area contributed by atoms with E-state index in [4.69, 9.17) is 21.2 Å². The molecular formula is C29H29N5O4. The molecule has 0 aromatic heterocycles. The van der Waals surface area contributed by atoms with E-state index in [0.717, 1.165) is 16.7 Å². The Bertz CT molecular complexity index is 1330. The molecule has 4 N–H and O–H groups in total. The number of carbonyl (C=O) groups is 3. The maximum Gasteiger partial charge on any atom is 0.404 e. The highest BCUT2D eigenvalue weighted by Crippen LogP contribution is 2.40. The second-order valence-electron chi connectivity index (χ2n) is 9.43. The number of primary amides is 1. The summed E-state index contributed by atoms with van der Waals surface area (Å²) in [4.78, 5) is 46.1. The van der Waals surface area contributed by atoms with E-state index in [2.05, 4.69) is 0 Å². The van der Waals surface area contributed by atoms with Gasteiger partial charge in [-0.3, -0.25) is 14.5 Å². The second kappa shape index (κ2) is 10.4. The van der Waals surface area contributed by atoms with E-state index in [0.29, 0.717) is 31.5 Å². The maximum atomic E-state index is 14.0. The molecule has 1 fully saturated rings. The van der Waals surface area contributed by atoms with Crippen LogP contribution < -0.4 is 11.5 Å². The van der Waals surface area contributed by atoms with Crippen molar-refractivity contribution in [2.75, 3.05) is 13.1 Å². The second-order valence-corrected chi connectivity index (χ2v) is 9.43. The van der Waals surface area contributed by atoms with Crippen LogP contribution in [0.15, 0.2) is 89.9 Å². The Morgan fingerprint density at radius 3 is 2.11 bits per heavy atom. The largest absolute Gasteiger partial charge is 0.446 e. The first-order chi connectivity index (χ1) is 18.4. The maximum absolute atomic E-state index is 14.0. The molecule has 38 heavy (non-hydrogen) atoms. The lowest BCUT2D eigenvalue weighted by molar-refractivity contribution is -0.130. The van der Waals surface area contributed by atoms with Crippen molar-refractivity contribution in [1.82, 2.24) is 9.80 Å². The summed E-state index contributed by atoms with van der Waals surface area (Å²) >= 11 is 0. The predicted octanol–water partition coefficient (Wildman–Crippen LogP) is 2.99. The Morgan fingerprint density at radius 2 is 1.53 bits per heavy atom. The van der Waals surface area contributed by atoms with Crippen molar-refractivity contribution < 1.29 is 19.1 Å². The van der Waals surface area contributed by atoms with Gasteiger partial charge in [-0.1, -0.05) is 72.8 Å². The van der Waals surface area contributed by atoms with Crippen LogP contribution in [-0.4, -0.2) is 52.9 Å². The first kappa shape index (κ1) is 25.0. The molecule has 3 amide bonds. The lowest BCUT2D eigenvalue weighted by atomic mass is 9.83. The number of piperidine rings is 1. The highest BCUT2D eigenvalue weighted by Gasteiger charge is 2.50. The Labute approximate surface area is 220 Å². The van der Waals surface area contributed by atoms with Gasteiger partial charge in [0.15, 0.2) is 11.5 Å². The van der Waals surface area contributed by atoms with Crippen molar-refractivity contribution in [3.63, 3.8) is 0 Å². The summed E-state index contributed by atoms with van der Waals surface area (Å²) in [5.41, 5.74) is 12.9. The molecule has 0 saturated carbocycles. The Balaban J connectivity index is 1.36. The number of ether oxygens (including phenoxy) is 1. The molecule has 2 aliphatic heterocycles. The van der Waals surface area contributed by atoms with Crippen LogP contribution in [0.4, 0.5) is 4.79 Å². The van der Waals surface area contributed by atoms with Gasteiger partial charge in [0.05, 0.1) is 6.54 Å². The highest BCUT2D eigenvalue weighted by atomic mass is 16.6. The van der Waals surface area contributed by atoms with Gasteiger partial charge in [0.2, 0.25) is 0 Å². The minimum atomic E-state index is -1.28. The van der Waals surface area contributed by atoms with E-state index in [9.17, 15) is 14.4 Å². The average Bonchev–Trinajstić information content (AvgIpc) is 3.19. The van der Waals surface area contributed by atoms with E-state index < -0.39 is 11.6 Å². The first-order valence-corrected chi connectivity index (χ1v) is 12.5. The molecule has 0 bridgehead atoms. The summed E-state index contributed by atoms with van der Waals surface area (Å²) in [6, 6.07) is 26.0. The first-order valence-electron chi connectivity index (χ1n) is 12.5. The predicted molar refractivity (Wildman–Crippen MR) is 142 cm³/mol. The normalized spacial score (nSPS) is 17.3. The van der Waals surface area contributed by atoms with E-state index >= 15 is 0 Å². The lowest BCUT2D eigenvalue weighted by Crippen LogP contribution is -2.43. The molecule has 0 unspecified atom stereocenters. The molecule has 9 heteroatoms. The van der Waals surface area contributed by atoms with Gasteiger partial charge >= 0.3 is 6.09 Å². The van der Waals surface area contributed by atoms with Crippen LogP contribution in [-0.2, 0) is 21.6 Å². The molecule has 0 aliphatic carbocycles. The molecule has 2 heterocycles. The van der Waals surface area contributed by atoms with Crippen molar-refractivity contribution in [2.24, 2.45) is 16.5 Å². The molecule has 3 aromatic rings. The number of nitrogens with two attached hydrogens (primary N) is 2. The summed E-state index contributed by atoms with van der Waals surface area (Å²) in [6.07, 6.45) is -0.0128. The van der Waals surface area contributed by atoms with Gasteiger partial charge in [-0.05, 0) is 28.8 Å².